The van der Waals surface area contributed by atoms with E-state index in [1.165, 1.54) is 0 Å². The lowest BCUT2D eigenvalue weighted by Crippen LogP contribution is -2.15. The summed E-state index contributed by atoms with van der Waals surface area (Å²) in [7, 11) is 4.15. The van der Waals surface area contributed by atoms with Crippen LogP contribution in [0.4, 0.5) is 0 Å². The van der Waals surface area contributed by atoms with Crippen LogP contribution in [-0.4, -0.2) is 47.1 Å². The number of fused-ring (bicyclic) bond motifs is 1. The lowest BCUT2D eigenvalue weighted by molar-refractivity contribution is 0.281. The molecule has 5 nitrogen and oxygen atoms in total. The Morgan fingerprint density at radius 2 is 1.61 bits per heavy atom. The fraction of sp³-hybridized carbons (Fsp3) is 0.192. The van der Waals surface area contributed by atoms with Gasteiger partial charge < -0.3 is 9.64 Å². The second kappa shape index (κ2) is 9.79. The second-order valence-electron chi connectivity index (χ2n) is 7.98. The van der Waals surface area contributed by atoms with Gasteiger partial charge in [-0.05, 0) is 67.2 Å². The van der Waals surface area contributed by atoms with E-state index in [1.807, 2.05) is 30.5 Å². The summed E-state index contributed by atoms with van der Waals surface area (Å²) < 4.78 is 5.96. The van der Waals surface area contributed by atoms with Crippen LogP contribution in [0.25, 0.3) is 43.4 Å². The fourth-order valence-corrected chi connectivity index (χ4v) is 5.04. The second-order valence-corrected chi connectivity index (χ2v) is 9.87. The summed E-state index contributed by atoms with van der Waals surface area (Å²) in [5.41, 5.74) is 5.27. The lowest BCUT2D eigenvalue weighted by Gasteiger charge is -2.11. The molecule has 0 bridgehead atoms. The molecule has 0 saturated heterocycles. The van der Waals surface area contributed by atoms with E-state index in [1.54, 1.807) is 22.7 Å². The molecule has 0 saturated carbocycles. The van der Waals surface area contributed by atoms with E-state index in [0.29, 0.717) is 12.3 Å². The first kappa shape index (κ1) is 21.7. The number of nitrogens with zero attached hydrogens (tertiary/aromatic N) is 4. The van der Waals surface area contributed by atoms with Gasteiger partial charge in [-0.1, -0.05) is 24.3 Å². The minimum atomic E-state index is 0.651. The number of hydrogen-bond donors (Lipinski definition) is 0. The molecule has 0 unspecified atom stereocenters. The minimum absolute atomic E-state index is 0.651. The molecule has 4 heterocycles. The van der Waals surface area contributed by atoms with Crippen LogP contribution in [0, 0.1) is 0 Å². The maximum atomic E-state index is 5.96. The monoisotopic (exact) mass is 472 g/mol. The molecule has 0 atom stereocenters. The van der Waals surface area contributed by atoms with Crippen LogP contribution >= 0.6 is 22.7 Å². The van der Waals surface area contributed by atoms with Gasteiger partial charge in [0, 0.05) is 18.3 Å². The van der Waals surface area contributed by atoms with Crippen LogP contribution in [0.15, 0.2) is 71.6 Å². The zero-order chi connectivity index (χ0) is 22.6. The molecule has 5 aromatic rings. The summed E-state index contributed by atoms with van der Waals surface area (Å²) >= 11 is 3.34. The van der Waals surface area contributed by atoms with Gasteiger partial charge in [0.25, 0.3) is 0 Å². The fourth-order valence-electron chi connectivity index (χ4n) is 3.61. The van der Waals surface area contributed by atoms with E-state index in [-0.39, 0.29) is 0 Å². The predicted molar refractivity (Wildman–Crippen MR) is 138 cm³/mol. The molecule has 166 valence electrons. The van der Waals surface area contributed by atoms with E-state index in [9.17, 15) is 0 Å². The highest BCUT2D eigenvalue weighted by Gasteiger charge is 2.16. The van der Waals surface area contributed by atoms with Gasteiger partial charge in [-0.25, -0.2) is 15.0 Å². The third-order valence-electron chi connectivity index (χ3n) is 5.22. The molecule has 0 aliphatic rings. The maximum absolute atomic E-state index is 5.96. The van der Waals surface area contributed by atoms with Crippen molar-refractivity contribution in [3.05, 3.63) is 71.6 Å². The van der Waals surface area contributed by atoms with E-state index < -0.39 is 0 Å². The minimum Gasteiger partial charge on any atom is -0.494 e. The van der Waals surface area contributed by atoms with Gasteiger partial charge in [0.1, 0.15) is 22.7 Å². The van der Waals surface area contributed by atoms with Crippen LogP contribution in [0.5, 0.6) is 5.75 Å². The average molecular weight is 473 g/mol. The Morgan fingerprint density at radius 1 is 0.848 bits per heavy atom. The van der Waals surface area contributed by atoms with Crippen molar-refractivity contribution in [1.82, 2.24) is 19.9 Å². The predicted octanol–water partition coefficient (Wildman–Crippen LogP) is 6.48. The molecular formula is C26H24N4OS2. The van der Waals surface area contributed by atoms with Crippen molar-refractivity contribution in [1.29, 1.82) is 0 Å². The molecule has 1 aromatic carbocycles. The zero-order valence-corrected chi connectivity index (χ0v) is 20.2. The van der Waals surface area contributed by atoms with Crippen molar-refractivity contribution < 1.29 is 4.74 Å². The van der Waals surface area contributed by atoms with Gasteiger partial charge >= 0.3 is 0 Å². The summed E-state index contributed by atoms with van der Waals surface area (Å²) in [5, 5.41) is 4.13. The van der Waals surface area contributed by atoms with E-state index >= 15 is 0 Å². The topological polar surface area (TPSA) is 51.1 Å². The smallest absolute Gasteiger partial charge is 0.178 e. The molecule has 5 rings (SSSR count). The molecule has 0 amide bonds. The molecule has 0 fully saturated rings. The number of hydrogen-bond acceptors (Lipinski definition) is 7. The molecule has 0 aliphatic carbocycles. The van der Waals surface area contributed by atoms with Crippen LogP contribution in [-0.2, 0) is 0 Å². The van der Waals surface area contributed by atoms with Crippen molar-refractivity contribution in [2.24, 2.45) is 0 Å². The molecule has 0 radical (unpaired) electrons. The summed E-state index contributed by atoms with van der Waals surface area (Å²) in [6.07, 6.45) is 2.85. The third kappa shape index (κ3) is 4.95. The van der Waals surface area contributed by atoms with Gasteiger partial charge in [0.15, 0.2) is 5.65 Å². The number of benzene rings is 1. The first-order valence-corrected chi connectivity index (χ1v) is 12.6. The highest BCUT2D eigenvalue weighted by molar-refractivity contribution is 7.14. The van der Waals surface area contributed by atoms with E-state index in [4.69, 9.17) is 14.7 Å². The highest BCUT2D eigenvalue weighted by atomic mass is 32.1. The quantitative estimate of drug-likeness (QED) is 0.242. The average Bonchev–Trinajstić information content (AvgIpc) is 3.55. The van der Waals surface area contributed by atoms with Gasteiger partial charge in [-0.15, -0.1) is 22.7 Å². The van der Waals surface area contributed by atoms with Crippen molar-refractivity contribution in [3.63, 3.8) is 0 Å². The molecule has 0 aliphatic heterocycles. The molecule has 0 spiro atoms. The SMILES string of the molecule is CN(C)CCCOc1cccc(-c2cnc3nc(-c4cccs4)c(-c4cccs4)nc3c2)c1. The lowest BCUT2D eigenvalue weighted by atomic mass is 10.1. The summed E-state index contributed by atoms with van der Waals surface area (Å²) in [6, 6.07) is 18.5. The zero-order valence-electron chi connectivity index (χ0n) is 18.6. The maximum Gasteiger partial charge on any atom is 0.178 e. The van der Waals surface area contributed by atoms with Crippen LogP contribution in [0.1, 0.15) is 6.42 Å². The Kier molecular flexibility index (Phi) is 6.44. The molecule has 7 heteroatoms. The molecule has 0 N–H and O–H groups in total. The first-order chi connectivity index (χ1) is 16.2. The number of aromatic nitrogens is 3. The van der Waals surface area contributed by atoms with Gasteiger partial charge in [0.2, 0.25) is 0 Å². The number of pyridine rings is 1. The van der Waals surface area contributed by atoms with Gasteiger partial charge in [-0.2, -0.15) is 0 Å². The summed E-state index contributed by atoms with van der Waals surface area (Å²) in [5.74, 6) is 0.866. The van der Waals surface area contributed by atoms with Crippen molar-refractivity contribution in [3.8, 4) is 38.0 Å². The Morgan fingerprint density at radius 3 is 2.30 bits per heavy atom. The van der Waals surface area contributed by atoms with Crippen LogP contribution < -0.4 is 4.74 Å². The molecule has 33 heavy (non-hydrogen) atoms. The summed E-state index contributed by atoms with van der Waals surface area (Å²) in [6.45, 7) is 1.70. The van der Waals surface area contributed by atoms with E-state index in [2.05, 4.69) is 65.1 Å². The van der Waals surface area contributed by atoms with Gasteiger partial charge in [0.05, 0.1) is 16.4 Å². The standard InChI is InChI=1S/C26H24N4OS2/c1-30(2)11-6-12-31-20-8-3-7-18(15-20)19-16-21-26(27-17-19)29-25(23-10-5-14-33-23)24(28-21)22-9-4-13-32-22/h3-5,7-10,13-17H,6,11-12H2,1-2H3. The Bertz CT molecular complexity index is 1350. The van der Waals surface area contributed by atoms with Crippen LogP contribution in [0.2, 0.25) is 0 Å². The number of thiophene rings is 2. The molecular weight excluding hydrogens is 448 g/mol. The Labute approximate surface area is 201 Å². The van der Waals surface area contributed by atoms with Crippen molar-refractivity contribution in [2.45, 2.75) is 6.42 Å². The van der Waals surface area contributed by atoms with Crippen LogP contribution in [0.3, 0.4) is 0 Å². The molecule has 4 aromatic heterocycles. The summed E-state index contributed by atoms with van der Waals surface area (Å²) in [4.78, 5) is 18.9. The first-order valence-electron chi connectivity index (χ1n) is 10.8. The highest BCUT2D eigenvalue weighted by Crippen LogP contribution is 2.36. The Hall–Kier alpha value is -3.13. The normalized spacial score (nSPS) is 11.4. The van der Waals surface area contributed by atoms with Crippen molar-refractivity contribution >= 4 is 33.8 Å². The Balaban J connectivity index is 1.49. The van der Waals surface area contributed by atoms with Gasteiger partial charge in [-0.3, -0.25) is 0 Å². The van der Waals surface area contributed by atoms with E-state index in [0.717, 1.165) is 56.5 Å². The number of ether oxygens (including phenoxy) is 1. The van der Waals surface area contributed by atoms with Crippen molar-refractivity contribution in [2.75, 3.05) is 27.2 Å². The number of rotatable bonds is 8. The third-order valence-corrected chi connectivity index (χ3v) is 6.97. The largest absolute Gasteiger partial charge is 0.494 e.